The number of hydrogen-bond acceptors (Lipinski definition) is 6. The number of anilines is 1. The molecule has 0 aliphatic rings. The third-order valence-electron chi connectivity index (χ3n) is 5.30. The van der Waals surface area contributed by atoms with Crippen LogP contribution in [0.2, 0.25) is 0 Å². The maximum Gasteiger partial charge on any atom is 0.250 e. The number of nitrogens with two attached hydrogens (primary N) is 1. The molecular weight excluding hydrogens is 428 g/mol. The van der Waals surface area contributed by atoms with Gasteiger partial charge in [0.05, 0.1) is 17.0 Å². The van der Waals surface area contributed by atoms with Crippen molar-refractivity contribution in [1.29, 1.82) is 0 Å². The summed E-state index contributed by atoms with van der Waals surface area (Å²) in [5, 5.41) is 4.34. The Hall–Kier alpha value is -4.47. The highest BCUT2D eigenvalue weighted by Crippen LogP contribution is 2.33. The van der Waals surface area contributed by atoms with Gasteiger partial charge in [-0.25, -0.2) is 18.7 Å². The summed E-state index contributed by atoms with van der Waals surface area (Å²) in [7, 11) is 1.62. The van der Waals surface area contributed by atoms with Crippen LogP contribution >= 0.6 is 0 Å². The largest absolute Gasteiger partial charge is 0.368 e. The smallest absolute Gasteiger partial charge is 0.250 e. The second-order valence-corrected chi connectivity index (χ2v) is 7.36. The predicted octanol–water partition coefficient (Wildman–Crippen LogP) is 3.00. The minimum atomic E-state index is -0.695. The van der Waals surface area contributed by atoms with Gasteiger partial charge in [0.15, 0.2) is 11.5 Å². The summed E-state index contributed by atoms with van der Waals surface area (Å²) in [5.74, 6) is -1.23. The van der Waals surface area contributed by atoms with Crippen LogP contribution in [0.4, 0.5) is 14.7 Å². The van der Waals surface area contributed by atoms with E-state index in [1.54, 1.807) is 43.6 Å². The van der Waals surface area contributed by atoms with Crippen LogP contribution in [-0.2, 0) is 13.5 Å². The zero-order valence-corrected chi connectivity index (χ0v) is 17.4. The summed E-state index contributed by atoms with van der Waals surface area (Å²) in [6, 6.07) is 13.8. The summed E-state index contributed by atoms with van der Waals surface area (Å²) >= 11 is 0. The molecule has 0 saturated heterocycles. The Balaban J connectivity index is 1.80. The van der Waals surface area contributed by atoms with Crippen LogP contribution in [-0.4, -0.2) is 29.1 Å². The van der Waals surface area contributed by atoms with Gasteiger partial charge in [-0.2, -0.15) is 4.52 Å². The first-order valence-corrected chi connectivity index (χ1v) is 10.00. The topological polar surface area (TPSA) is 104 Å². The van der Waals surface area contributed by atoms with Crippen molar-refractivity contribution in [2.24, 2.45) is 7.05 Å². The van der Waals surface area contributed by atoms with E-state index in [9.17, 15) is 13.6 Å². The monoisotopic (exact) mass is 445 g/mol. The minimum absolute atomic E-state index is 0.0167. The van der Waals surface area contributed by atoms with Crippen molar-refractivity contribution in [3.05, 3.63) is 94.2 Å². The zero-order valence-electron chi connectivity index (χ0n) is 17.4. The van der Waals surface area contributed by atoms with Gasteiger partial charge in [-0.15, -0.1) is 5.10 Å². The molecule has 33 heavy (non-hydrogen) atoms. The van der Waals surface area contributed by atoms with Crippen LogP contribution in [0.25, 0.3) is 28.3 Å². The van der Waals surface area contributed by atoms with Gasteiger partial charge in [0.1, 0.15) is 17.3 Å². The Morgan fingerprint density at radius 2 is 1.73 bits per heavy atom. The minimum Gasteiger partial charge on any atom is -0.368 e. The molecule has 1 aromatic carbocycles. The predicted molar refractivity (Wildman–Crippen MR) is 118 cm³/mol. The zero-order chi connectivity index (χ0) is 23.1. The van der Waals surface area contributed by atoms with E-state index in [4.69, 9.17) is 5.73 Å². The Labute approximate surface area is 186 Å². The molecule has 4 aromatic heterocycles. The van der Waals surface area contributed by atoms with E-state index in [1.807, 2.05) is 0 Å². The second-order valence-electron chi connectivity index (χ2n) is 7.36. The van der Waals surface area contributed by atoms with Gasteiger partial charge in [-0.1, -0.05) is 18.2 Å². The third-order valence-corrected chi connectivity index (χ3v) is 5.30. The average molecular weight is 445 g/mol. The van der Waals surface area contributed by atoms with Gasteiger partial charge in [-0.05, 0) is 30.3 Å². The molecule has 0 fully saturated rings. The van der Waals surface area contributed by atoms with Crippen molar-refractivity contribution >= 4 is 11.6 Å². The molecule has 0 saturated carbocycles. The average Bonchev–Trinajstić information content (AvgIpc) is 3.24. The maximum atomic E-state index is 14.2. The van der Waals surface area contributed by atoms with Gasteiger partial charge >= 0.3 is 0 Å². The molecule has 0 aliphatic heterocycles. The van der Waals surface area contributed by atoms with Crippen molar-refractivity contribution < 1.29 is 8.78 Å². The first-order chi connectivity index (χ1) is 15.9. The molecule has 0 radical (unpaired) electrons. The van der Waals surface area contributed by atoms with Gasteiger partial charge in [-0.3, -0.25) is 9.78 Å². The van der Waals surface area contributed by atoms with Crippen LogP contribution in [0.1, 0.15) is 11.4 Å². The van der Waals surface area contributed by atoms with Crippen molar-refractivity contribution in [2.75, 3.05) is 5.73 Å². The Bertz CT molecular complexity index is 1540. The Morgan fingerprint density at radius 1 is 0.970 bits per heavy atom. The first-order valence-electron chi connectivity index (χ1n) is 10.00. The fourth-order valence-corrected chi connectivity index (χ4v) is 3.67. The fourth-order valence-electron chi connectivity index (χ4n) is 3.67. The lowest BCUT2D eigenvalue weighted by atomic mass is 10.1. The van der Waals surface area contributed by atoms with Crippen LogP contribution in [0.5, 0.6) is 0 Å². The van der Waals surface area contributed by atoms with E-state index in [0.717, 1.165) is 0 Å². The lowest BCUT2D eigenvalue weighted by molar-refractivity contribution is 0.559. The molecular formula is C23H17F2N7O. The number of nitrogen functional groups attached to an aromatic ring is 1. The molecule has 0 spiro atoms. The normalized spacial score (nSPS) is 11.2. The summed E-state index contributed by atoms with van der Waals surface area (Å²) in [6.45, 7) is 0. The second kappa shape index (κ2) is 7.90. The number of benzene rings is 1. The number of aromatic nitrogens is 6. The Kier molecular flexibility index (Phi) is 4.89. The van der Waals surface area contributed by atoms with E-state index < -0.39 is 11.6 Å². The molecule has 0 bridgehead atoms. The molecule has 5 aromatic rings. The molecule has 0 unspecified atom stereocenters. The highest BCUT2D eigenvalue weighted by atomic mass is 19.1. The SMILES string of the molecule is Cn1c(-c2c(-c3ccccn3)nc(N)n3nc(Cc4c(F)cccc4F)nc23)cccc1=O. The highest BCUT2D eigenvalue weighted by Gasteiger charge is 2.23. The number of halogens is 2. The molecule has 10 heteroatoms. The molecule has 0 aliphatic carbocycles. The number of hydrogen-bond donors (Lipinski definition) is 1. The molecule has 4 heterocycles. The van der Waals surface area contributed by atoms with E-state index in [0.29, 0.717) is 22.6 Å². The number of fused-ring (bicyclic) bond motifs is 1. The van der Waals surface area contributed by atoms with Gasteiger partial charge in [0.2, 0.25) is 5.95 Å². The van der Waals surface area contributed by atoms with Gasteiger partial charge in [0.25, 0.3) is 5.56 Å². The van der Waals surface area contributed by atoms with Gasteiger partial charge < -0.3 is 10.3 Å². The molecule has 5 rings (SSSR count). The van der Waals surface area contributed by atoms with E-state index in [1.165, 1.54) is 33.3 Å². The molecule has 2 N–H and O–H groups in total. The van der Waals surface area contributed by atoms with Crippen molar-refractivity contribution in [1.82, 2.24) is 29.1 Å². The molecule has 164 valence electrons. The standard InChI is InChI=1S/C23H17F2N7O/c1-31-17(9-5-10-19(31)33)20-21(16-8-2-3-11-27-16)29-23(26)32-22(20)28-18(30-32)12-13-14(24)6-4-7-15(13)25/h2-11H,12H2,1H3,(H2,26,29). The van der Waals surface area contributed by atoms with Gasteiger partial charge in [0, 0.05) is 31.3 Å². The first kappa shape index (κ1) is 20.4. The molecule has 8 nitrogen and oxygen atoms in total. The van der Waals surface area contributed by atoms with E-state index >= 15 is 0 Å². The quantitative estimate of drug-likeness (QED) is 0.456. The van der Waals surface area contributed by atoms with Crippen LogP contribution in [0.3, 0.4) is 0 Å². The van der Waals surface area contributed by atoms with Crippen LogP contribution in [0.15, 0.2) is 65.6 Å². The number of pyridine rings is 2. The van der Waals surface area contributed by atoms with Crippen molar-refractivity contribution in [3.63, 3.8) is 0 Å². The van der Waals surface area contributed by atoms with Crippen LogP contribution < -0.4 is 11.3 Å². The molecule has 0 amide bonds. The third kappa shape index (κ3) is 3.51. The van der Waals surface area contributed by atoms with E-state index in [2.05, 4.69) is 20.1 Å². The number of rotatable bonds is 4. The summed E-state index contributed by atoms with van der Waals surface area (Å²) in [4.78, 5) is 25.8. The van der Waals surface area contributed by atoms with E-state index in [-0.39, 0.29) is 35.0 Å². The fraction of sp³-hybridized carbons (Fsp3) is 0.0870. The van der Waals surface area contributed by atoms with Crippen molar-refractivity contribution in [3.8, 4) is 22.6 Å². The lowest BCUT2D eigenvalue weighted by Crippen LogP contribution is -2.17. The Morgan fingerprint density at radius 3 is 2.45 bits per heavy atom. The van der Waals surface area contributed by atoms with Crippen LogP contribution in [0, 0.1) is 11.6 Å². The lowest BCUT2D eigenvalue weighted by Gasteiger charge is -2.13. The summed E-state index contributed by atoms with van der Waals surface area (Å²) in [6.07, 6.45) is 1.42. The molecule has 0 atom stereocenters. The highest BCUT2D eigenvalue weighted by molar-refractivity contribution is 5.88. The summed E-state index contributed by atoms with van der Waals surface area (Å²) in [5.41, 5.74) is 7.98. The summed E-state index contributed by atoms with van der Waals surface area (Å²) < 4.78 is 31.2. The number of nitrogens with zero attached hydrogens (tertiary/aromatic N) is 6. The van der Waals surface area contributed by atoms with Crippen molar-refractivity contribution in [2.45, 2.75) is 6.42 Å². The maximum absolute atomic E-state index is 14.2.